The normalized spacial score (nSPS) is 15.1. The summed E-state index contributed by atoms with van der Waals surface area (Å²) < 4.78 is 1.65. The zero-order valence-corrected chi connectivity index (χ0v) is 12.8. The highest BCUT2D eigenvalue weighted by Crippen LogP contribution is 2.22. The molecule has 2 heterocycles. The van der Waals surface area contributed by atoms with Crippen LogP contribution in [0.1, 0.15) is 23.2 Å². The van der Waals surface area contributed by atoms with Gasteiger partial charge in [-0.15, -0.1) is 17.5 Å². The molecule has 1 aliphatic rings. The Morgan fingerprint density at radius 2 is 2.14 bits per heavy atom. The summed E-state index contributed by atoms with van der Waals surface area (Å²) in [5.41, 5.74) is 7.55. The van der Waals surface area contributed by atoms with Gasteiger partial charge < -0.3 is 16.4 Å². The summed E-state index contributed by atoms with van der Waals surface area (Å²) in [6.45, 7) is 1.96. The van der Waals surface area contributed by atoms with Gasteiger partial charge in [-0.2, -0.15) is 0 Å². The first-order valence-corrected chi connectivity index (χ1v) is 7.02. The van der Waals surface area contributed by atoms with E-state index in [-0.39, 0.29) is 12.4 Å². The van der Waals surface area contributed by atoms with Gasteiger partial charge in [-0.3, -0.25) is 4.79 Å². The summed E-state index contributed by atoms with van der Waals surface area (Å²) >= 11 is 0. The molecule has 0 aliphatic carbocycles. The fraction of sp³-hybridized carbons (Fsp3) is 0.357. The Kier molecular flexibility index (Phi) is 5.35. The van der Waals surface area contributed by atoms with Crippen molar-refractivity contribution < 1.29 is 4.79 Å². The van der Waals surface area contributed by atoms with E-state index in [1.54, 1.807) is 23.1 Å². The van der Waals surface area contributed by atoms with Crippen LogP contribution in [-0.2, 0) is 0 Å². The van der Waals surface area contributed by atoms with Crippen LogP contribution in [0.25, 0.3) is 5.69 Å². The minimum absolute atomic E-state index is 0. The molecule has 1 aromatic heterocycles. The van der Waals surface area contributed by atoms with Crippen LogP contribution in [0.15, 0.2) is 30.6 Å². The van der Waals surface area contributed by atoms with Gasteiger partial charge in [0, 0.05) is 11.7 Å². The predicted molar refractivity (Wildman–Crippen MR) is 86.6 cm³/mol. The summed E-state index contributed by atoms with van der Waals surface area (Å²) in [6.07, 6.45) is 5.41. The Morgan fingerprint density at radius 1 is 1.36 bits per heavy atom. The number of hydrogen-bond acceptors (Lipinski definition) is 5. The molecule has 0 atom stereocenters. The second-order valence-electron chi connectivity index (χ2n) is 5.11. The molecule has 0 unspecified atom stereocenters. The van der Waals surface area contributed by atoms with Crippen LogP contribution in [0.3, 0.4) is 0 Å². The lowest BCUT2D eigenvalue weighted by Gasteiger charge is -2.25. The Bertz CT molecular complexity index is 624. The van der Waals surface area contributed by atoms with Gasteiger partial charge in [0.2, 0.25) is 0 Å². The van der Waals surface area contributed by atoms with Crippen molar-refractivity contribution in [3.05, 3.63) is 36.2 Å². The second kappa shape index (κ2) is 7.24. The van der Waals surface area contributed by atoms with Crippen molar-refractivity contribution in [2.24, 2.45) is 5.73 Å². The number of halogens is 1. The van der Waals surface area contributed by atoms with Crippen molar-refractivity contribution in [1.29, 1.82) is 0 Å². The first-order valence-electron chi connectivity index (χ1n) is 7.02. The number of amides is 1. The zero-order chi connectivity index (χ0) is 14.7. The lowest BCUT2D eigenvalue weighted by molar-refractivity contribution is 0.100. The maximum absolute atomic E-state index is 11.6. The van der Waals surface area contributed by atoms with Gasteiger partial charge in [-0.05, 0) is 44.1 Å². The van der Waals surface area contributed by atoms with Gasteiger partial charge in [-0.25, -0.2) is 4.68 Å². The Hall–Kier alpha value is -2.12. The molecule has 1 saturated heterocycles. The number of aromatic nitrogens is 3. The minimum atomic E-state index is -0.434. The molecule has 3 rings (SSSR count). The van der Waals surface area contributed by atoms with Gasteiger partial charge in [0.1, 0.15) is 0 Å². The van der Waals surface area contributed by atoms with Gasteiger partial charge in [0.05, 0.1) is 23.6 Å². The van der Waals surface area contributed by atoms with Gasteiger partial charge in [0.15, 0.2) is 0 Å². The SMILES string of the molecule is Cl.NC(=O)c1ccc(-n2ccnn2)cc1NC1CCNCC1. The number of benzene rings is 1. The van der Waals surface area contributed by atoms with Crippen LogP contribution in [0.2, 0.25) is 0 Å². The van der Waals surface area contributed by atoms with E-state index in [2.05, 4.69) is 20.9 Å². The third kappa shape index (κ3) is 3.55. The number of carbonyl (C=O) groups is 1. The number of nitrogens with zero attached hydrogens (tertiary/aromatic N) is 3. The number of piperidine rings is 1. The van der Waals surface area contributed by atoms with E-state index in [0.717, 1.165) is 37.3 Å². The van der Waals surface area contributed by atoms with Crippen LogP contribution in [0, 0.1) is 0 Å². The van der Waals surface area contributed by atoms with Gasteiger partial charge >= 0.3 is 0 Å². The van der Waals surface area contributed by atoms with E-state index < -0.39 is 5.91 Å². The Balaban J connectivity index is 0.00000176. The molecule has 7 nitrogen and oxygen atoms in total. The van der Waals surface area contributed by atoms with E-state index in [1.165, 1.54) is 0 Å². The highest BCUT2D eigenvalue weighted by atomic mass is 35.5. The maximum Gasteiger partial charge on any atom is 0.250 e. The first-order chi connectivity index (χ1) is 10.2. The van der Waals surface area contributed by atoms with Crippen molar-refractivity contribution in [3.8, 4) is 5.69 Å². The van der Waals surface area contributed by atoms with Gasteiger partial charge in [0.25, 0.3) is 5.91 Å². The standard InChI is InChI=1S/C14H18N6O.ClH/c15-14(21)12-2-1-11(20-8-7-17-19-20)9-13(12)18-10-3-5-16-6-4-10;/h1-2,7-10,16,18H,3-6H2,(H2,15,21);1H. The third-order valence-corrected chi connectivity index (χ3v) is 3.65. The van der Waals surface area contributed by atoms with Crippen LogP contribution in [0.4, 0.5) is 5.69 Å². The van der Waals surface area contributed by atoms with E-state index in [0.29, 0.717) is 11.6 Å². The third-order valence-electron chi connectivity index (χ3n) is 3.65. The molecule has 1 fully saturated rings. The quantitative estimate of drug-likeness (QED) is 0.778. The van der Waals surface area contributed by atoms with Crippen LogP contribution < -0.4 is 16.4 Å². The van der Waals surface area contributed by atoms with Crippen molar-refractivity contribution in [3.63, 3.8) is 0 Å². The summed E-state index contributed by atoms with van der Waals surface area (Å²) in [6, 6.07) is 5.76. The summed E-state index contributed by atoms with van der Waals surface area (Å²) in [4.78, 5) is 11.6. The number of hydrogen-bond donors (Lipinski definition) is 3. The zero-order valence-electron chi connectivity index (χ0n) is 12.0. The summed E-state index contributed by atoms with van der Waals surface area (Å²) in [5.74, 6) is -0.434. The average molecular weight is 323 g/mol. The molecule has 4 N–H and O–H groups in total. The van der Waals surface area contributed by atoms with E-state index in [1.807, 2.05) is 12.1 Å². The molecule has 0 radical (unpaired) electrons. The molecule has 0 saturated carbocycles. The lowest BCUT2D eigenvalue weighted by atomic mass is 10.0. The topological polar surface area (TPSA) is 97.9 Å². The first kappa shape index (κ1) is 16.3. The Labute approximate surface area is 134 Å². The highest BCUT2D eigenvalue weighted by Gasteiger charge is 2.16. The molecular weight excluding hydrogens is 304 g/mol. The highest BCUT2D eigenvalue weighted by molar-refractivity contribution is 5.98. The van der Waals surface area contributed by atoms with E-state index >= 15 is 0 Å². The minimum Gasteiger partial charge on any atom is -0.382 e. The molecule has 1 amide bonds. The maximum atomic E-state index is 11.6. The van der Waals surface area contributed by atoms with Gasteiger partial charge in [-0.1, -0.05) is 5.21 Å². The number of nitrogens with two attached hydrogens (primary N) is 1. The molecule has 8 heteroatoms. The fourth-order valence-corrected chi connectivity index (χ4v) is 2.54. The Morgan fingerprint density at radius 3 is 2.77 bits per heavy atom. The van der Waals surface area contributed by atoms with Crippen LogP contribution >= 0.6 is 12.4 Å². The molecule has 0 spiro atoms. The van der Waals surface area contributed by atoms with Crippen molar-refractivity contribution in [2.45, 2.75) is 18.9 Å². The number of rotatable bonds is 4. The molecule has 0 bridgehead atoms. The second-order valence-corrected chi connectivity index (χ2v) is 5.11. The molecule has 118 valence electrons. The van der Waals surface area contributed by atoms with Crippen molar-refractivity contribution >= 4 is 24.0 Å². The largest absolute Gasteiger partial charge is 0.382 e. The summed E-state index contributed by atoms with van der Waals surface area (Å²) in [7, 11) is 0. The van der Waals surface area contributed by atoms with E-state index in [4.69, 9.17) is 5.73 Å². The lowest BCUT2D eigenvalue weighted by Crippen LogP contribution is -2.35. The summed E-state index contributed by atoms with van der Waals surface area (Å²) in [5, 5.41) is 14.5. The van der Waals surface area contributed by atoms with Crippen LogP contribution in [-0.4, -0.2) is 40.0 Å². The smallest absolute Gasteiger partial charge is 0.250 e. The molecular formula is C14H19ClN6O. The number of nitrogens with one attached hydrogen (secondary N) is 2. The monoisotopic (exact) mass is 322 g/mol. The predicted octanol–water partition coefficient (Wildman–Crippen LogP) is 0.952. The average Bonchev–Trinajstić information content (AvgIpc) is 3.02. The van der Waals surface area contributed by atoms with Crippen molar-refractivity contribution in [2.75, 3.05) is 18.4 Å². The number of primary amides is 1. The van der Waals surface area contributed by atoms with Crippen LogP contribution in [0.5, 0.6) is 0 Å². The number of carbonyl (C=O) groups excluding carboxylic acids is 1. The van der Waals surface area contributed by atoms with E-state index in [9.17, 15) is 4.79 Å². The number of anilines is 1. The molecule has 2 aromatic rings. The molecule has 1 aliphatic heterocycles. The molecule has 22 heavy (non-hydrogen) atoms. The fourth-order valence-electron chi connectivity index (χ4n) is 2.54. The van der Waals surface area contributed by atoms with Crippen molar-refractivity contribution in [1.82, 2.24) is 20.3 Å². The molecule has 1 aromatic carbocycles.